The Balaban J connectivity index is 1.76. The molecule has 2 aromatic rings. The fraction of sp³-hybridized carbons (Fsp3) is 0.474. The molecule has 0 spiro atoms. The van der Waals surface area contributed by atoms with Gasteiger partial charge < -0.3 is 10.6 Å². The highest BCUT2D eigenvalue weighted by atomic mass is 35.5. The van der Waals surface area contributed by atoms with Gasteiger partial charge in [-0.1, -0.05) is 23.2 Å². The van der Waals surface area contributed by atoms with Gasteiger partial charge in [-0.3, -0.25) is 4.79 Å². The number of hydrogen-bond acceptors (Lipinski definition) is 3. The molecule has 7 heteroatoms. The van der Waals surface area contributed by atoms with Crippen LogP contribution >= 0.6 is 23.2 Å². The molecular formula is C19H24Cl2N4O. The van der Waals surface area contributed by atoms with Crippen LogP contribution in [0.3, 0.4) is 0 Å². The van der Waals surface area contributed by atoms with Crippen LogP contribution in [0.25, 0.3) is 5.69 Å². The SMILES string of the molecule is Cc1nn(-c2ccc(Cl)cc2Cl)c(C)c1CC(=O)NC1CCNC(C)C1. The van der Waals surface area contributed by atoms with Crippen molar-refractivity contribution in [1.29, 1.82) is 0 Å². The number of carbonyl (C=O) groups excluding carboxylic acids is 1. The molecule has 2 N–H and O–H groups in total. The summed E-state index contributed by atoms with van der Waals surface area (Å²) in [6, 6.07) is 5.99. The molecule has 1 fully saturated rings. The summed E-state index contributed by atoms with van der Waals surface area (Å²) in [6.45, 7) is 6.96. The Hall–Kier alpha value is -1.56. The molecule has 1 saturated heterocycles. The number of nitrogens with zero attached hydrogens (tertiary/aromatic N) is 2. The van der Waals surface area contributed by atoms with Crippen molar-refractivity contribution in [2.24, 2.45) is 0 Å². The molecule has 2 atom stereocenters. The van der Waals surface area contributed by atoms with E-state index in [0.29, 0.717) is 22.5 Å². The third-order valence-electron chi connectivity index (χ3n) is 4.91. The number of hydrogen-bond donors (Lipinski definition) is 2. The third kappa shape index (κ3) is 4.22. The van der Waals surface area contributed by atoms with E-state index in [1.165, 1.54) is 0 Å². The number of carbonyl (C=O) groups is 1. The van der Waals surface area contributed by atoms with Crippen LogP contribution in [-0.2, 0) is 11.2 Å². The number of aryl methyl sites for hydroxylation is 1. The lowest BCUT2D eigenvalue weighted by Crippen LogP contribution is -2.47. The second kappa shape index (κ2) is 7.99. The van der Waals surface area contributed by atoms with E-state index in [1.807, 2.05) is 19.9 Å². The van der Waals surface area contributed by atoms with E-state index in [4.69, 9.17) is 23.2 Å². The maximum absolute atomic E-state index is 12.5. The molecule has 2 heterocycles. The lowest BCUT2D eigenvalue weighted by Gasteiger charge is -2.28. The molecule has 1 amide bonds. The highest BCUT2D eigenvalue weighted by Crippen LogP contribution is 2.27. The Morgan fingerprint density at radius 3 is 2.85 bits per heavy atom. The number of piperidine rings is 1. The number of benzene rings is 1. The Labute approximate surface area is 164 Å². The molecule has 0 radical (unpaired) electrons. The monoisotopic (exact) mass is 394 g/mol. The summed E-state index contributed by atoms with van der Waals surface area (Å²) >= 11 is 12.3. The van der Waals surface area contributed by atoms with Crippen molar-refractivity contribution in [3.05, 3.63) is 45.2 Å². The molecule has 3 rings (SSSR count). The quantitative estimate of drug-likeness (QED) is 0.832. The van der Waals surface area contributed by atoms with Crippen molar-refractivity contribution in [2.75, 3.05) is 6.54 Å². The minimum Gasteiger partial charge on any atom is -0.353 e. The fourth-order valence-electron chi connectivity index (χ4n) is 3.52. The number of amides is 1. The van der Waals surface area contributed by atoms with Crippen molar-refractivity contribution in [3.63, 3.8) is 0 Å². The average Bonchev–Trinajstić information content (AvgIpc) is 2.83. The van der Waals surface area contributed by atoms with Crippen LogP contribution in [-0.4, -0.2) is 34.3 Å². The van der Waals surface area contributed by atoms with Gasteiger partial charge in [0.15, 0.2) is 0 Å². The molecule has 26 heavy (non-hydrogen) atoms. The van der Waals surface area contributed by atoms with Gasteiger partial charge in [-0.2, -0.15) is 5.10 Å². The van der Waals surface area contributed by atoms with E-state index in [1.54, 1.807) is 16.8 Å². The van der Waals surface area contributed by atoms with Gasteiger partial charge in [0, 0.05) is 28.4 Å². The van der Waals surface area contributed by atoms with Gasteiger partial charge in [-0.25, -0.2) is 4.68 Å². The predicted octanol–water partition coefficient (Wildman–Crippen LogP) is 3.60. The standard InChI is InChI=1S/C19H24Cl2N4O/c1-11-8-15(6-7-22-11)23-19(26)10-16-12(2)24-25(13(16)3)18-5-4-14(20)9-17(18)21/h4-5,9,11,15,22H,6-8,10H2,1-3H3,(H,23,26). The molecule has 1 aliphatic heterocycles. The molecule has 0 saturated carbocycles. The zero-order chi connectivity index (χ0) is 18.8. The smallest absolute Gasteiger partial charge is 0.224 e. The van der Waals surface area contributed by atoms with Gasteiger partial charge in [0.25, 0.3) is 0 Å². The number of rotatable bonds is 4. The van der Waals surface area contributed by atoms with E-state index in [9.17, 15) is 4.79 Å². The van der Waals surface area contributed by atoms with Crippen molar-refractivity contribution >= 4 is 29.1 Å². The van der Waals surface area contributed by atoms with Gasteiger partial charge in [0.05, 0.1) is 22.8 Å². The normalized spacial score (nSPS) is 20.2. The van der Waals surface area contributed by atoms with Gasteiger partial charge >= 0.3 is 0 Å². The number of aromatic nitrogens is 2. The summed E-state index contributed by atoms with van der Waals surface area (Å²) in [7, 11) is 0. The molecule has 0 aliphatic carbocycles. The van der Waals surface area contributed by atoms with Crippen molar-refractivity contribution in [3.8, 4) is 5.69 Å². The minimum atomic E-state index is 0.0389. The fourth-order valence-corrected chi connectivity index (χ4v) is 4.01. The summed E-state index contributed by atoms with van der Waals surface area (Å²) < 4.78 is 1.78. The van der Waals surface area contributed by atoms with Crippen LogP contribution in [0.5, 0.6) is 0 Å². The molecule has 2 unspecified atom stereocenters. The first-order valence-electron chi connectivity index (χ1n) is 8.88. The Morgan fingerprint density at radius 2 is 2.15 bits per heavy atom. The van der Waals surface area contributed by atoms with Crippen LogP contribution in [0, 0.1) is 13.8 Å². The zero-order valence-corrected chi connectivity index (χ0v) is 16.8. The lowest BCUT2D eigenvalue weighted by atomic mass is 10.00. The predicted molar refractivity (Wildman–Crippen MR) is 105 cm³/mol. The van der Waals surface area contributed by atoms with Gasteiger partial charge in [-0.05, 0) is 58.4 Å². The van der Waals surface area contributed by atoms with E-state index in [0.717, 1.165) is 42.0 Å². The molecule has 5 nitrogen and oxygen atoms in total. The van der Waals surface area contributed by atoms with Gasteiger partial charge in [-0.15, -0.1) is 0 Å². The van der Waals surface area contributed by atoms with Gasteiger partial charge in [0.1, 0.15) is 0 Å². The minimum absolute atomic E-state index is 0.0389. The molecule has 1 aromatic heterocycles. The topological polar surface area (TPSA) is 59.0 Å². The molecule has 140 valence electrons. The first-order valence-corrected chi connectivity index (χ1v) is 9.64. The second-order valence-corrected chi connectivity index (χ2v) is 7.82. The average molecular weight is 395 g/mol. The van der Waals surface area contributed by atoms with E-state index in [-0.39, 0.29) is 11.9 Å². The lowest BCUT2D eigenvalue weighted by molar-refractivity contribution is -0.121. The zero-order valence-electron chi connectivity index (χ0n) is 15.3. The number of nitrogens with one attached hydrogen (secondary N) is 2. The van der Waals surface area contributed by atoms with Crippen LogP contribution in [0.15, 0.2) is 18.2 Å². The van der Waals surface area contributed by atoms with Gasteiger partial charge in [0.2, 0.25) is 5.91 Å². The summed E-state index contributed by atoms with van der Waals surface area (Å²) in [5.41, 5.74) is 3.45. The third-order valence-corrected chi connectivity index (χ3v) is 5.44. The van der Waals surface area contributed by atoms with Crippen LogP contribution < -0.4 is 10.6 Å². The highest BCUT2D eigenvalue weighted by molar-refractivity contribution is 6.35. The van der Waals surface area contributed by atoms with Crippen molar-refractivity contribution < 1.29 is 4.79 Å². The van der Waals surface area contributed by atoms with E-state index in [2.05, 4.69) is 22.7 Å². The van der Waals surface area contributed by atoms with Crippen molar-refractivity contribution in [2.45, 2.75) is 52.1 Å². The summed E-state index contributed by atoms with van der Waals surface area (Å²) in [4.78, 5) is 12.5. The van der Waals surface area contributed by atoms with Crippen molar-refractivity contribution in [1.82, 2.24) is 20.4 Å². The summed E-state index contributed by atoms with van der Waals surface area (Å²) in [5, 5.41) is 12.2. The summed E-state index contributed by atoms with van der Waals surface area (Å²) in [5.74, 6) is 0.0389. The first kappa shape index (κ1) is 19.2. The van der Waals surface area contributed by atoms with Crippen LogP contribution in [0.4, 0.5) is 0 Å². The van der Waals surface area contributed by atoms with E-state index >= 15 is 0 Å². The Kier molecular flexibility index (Phi) is 5.90. The molecule has 0 bridgehead atoms. The van der Waals surface area contributed by atoms with E-state index < -0.39 is 0 Å². The van der Waals surface area contributed by atoms with Crippen LogP contribution in [0.1, 0.15) is 36.7 Å². The largest absolute Gasteiger partial charge is 0.353 e. The Bertz CT molecular complexity index is 818. The first-order chi connectivity index (χ1) is 12.3. The maximum Gasteiger partial charge on any atom is 0.224 e. The molecule has 1 aliphatic rings. The highest BCUT2D eigenvalue weighted by Gasteiger charge is 2.22. The number of halogens is 2. The Morgan fingerprint density at radius 1 is 1.38 bits per heavy atom. The second-order valence-electron chi connectivity index (χ2n) is 6.98. The van der Waals surface area contributed by atoms with Crippen LogP contribution in [0.2, 0.25) is 10.0 Å². The summed E-state index contributed by atoms with van der Waals surface area (Å²) in [6.07, 6.45) is 2.25. The molecular weight excluding hydrogens is 371 g/mol. The maximum atomic E-state index is 12.5. The molecule has 1 aromatic carbocycles.